The summed E-state index contributed by atoms with van der Waals surface area (Å²) in [5.41, 5.74) is 1.13. The summed E-state index contributed by atoms with van der Waals surface area (Å²) in [6.07, 6.45) is 0. The SMILES string of the molecule is OB(c1ccc(F)c(F)c1)C(OC(B(O)c1ccc(F)c(F)c1)c1ccccc1)c1ccccc1. The summed E-state index contributed by atoms with van der Waals surface area (Å²) >= 11 is 0. The lowest BCUT2D eigenvalue weighted by atomic mass is 9.52. The van der Waals surface area contributed by atoms with Crippen molar-refractivity contribution in [1.29, 1.82) is 0 Å². The minimum absolute atomic E-state index is 0.0619. The van der Waals surface area contributed by atoms with E-state index in [9.17, 15) is 27.6 Å². The monoisotopic (exact) mass is 478 g/mol. The van der Waals surface area contributed by atoms with Gasteiger partial charge in [0.05, 0.1) is 12.0 Å². The Labute approximate surface area is 200 Å². The minimum Gasteiger partial charge on any atom is -0.445 e. The largest absolute Gasteiger partial charge is 0.445 e. The molecule has 2 N–H and O–H groups in total. The zero-order valence-electron chi connectivity index (χ0n) is 18.4. The fourth-order valence-electron chi connectivity index (χ4n) is 3.86. The molecule has 0 bridgehead atoms. The van der Waals surface area contributed by atoms with Crippen molar-refractivity contribution < 1.29 is 32.3 Å². The Kier molecular flexibility index (Phi) is 7.70. The highest BCUT2D eigenvalue weighted by atomic mass is 19.2. The average Bonchev–Trinajstić information content (AvgIpc) is 2.88. The van der Waals surface area contributed by atoms with Crippen molar-refractivity contribution in [3.05, 3.63) is 131 Å². The molecular formula is C26H20B2F4O3. The zero-order chi connectivity index (χ0) is 24.9. The van der Waals surface area contributed by atoms with Crippen LogP contribution in [0.15, 0.2) is 97.1 Å². The van der Waals surface area contributed by atoms with Gasteiger partial charge in [0.25, 0.3) is 0 Å². The van der Waals surface area contributed by atoms with Crippen LogP contribution in [0.1, 0.15) is 23.1 Å². The van der Waals surface area contributed by atoms with Gasteiger partial charge in [-0.3, -0.25) is 0 Å². The molecule has 0 aliphatic heterocycles. The predicted octanol–water partition coefficient (Wildman–Crippen LogP) is 3.90. The number of ether oxygens (including phenoxy) is 1. The molecular weight excluding hydrogens is 458 g/mol. The molecule has 176 valence electrons. The lowest BCUT2D eigenvalue weighted by Gasteiger charge is -2.29. The molecule has 0 saturated heterocycles. The van der Waals surface area contributed by atoms with E-state index in [-0.39, 0.29) is 10.9 Å². The number of halogens is 4. The molecule has 0 spiro atoms. The molecule has 4 aromatic carbocycles. The maximum atomic E-state index is 13.9. The summed E-state index contributed by atoms with van der Waals surface area (Å²) in [6, 6.07) is 20.9. The lowest BCUT2D eigenvalue weighted by molar-refractivity contribution is 0.0591. The van der Waals surface area contributed by atoms with Crippen LogP contribution in [0.5, 0.6) is 0 Å². The van der Waals surface area contributed by atoms with E-state index in [0.29, 0.717) is 11.1 Å². The molecule has 2 atom stereocenters. The highest BCUT2D eigenvalue weighted by Crippen LogP contribution is 2.30. The molecule has 2 unspecified atom stereocenters. The molecule has 0 amide bonds. The molecule has 0 aliphatic carbocycles. The van der Waals surface area contributed by atoms with Crippen LogP contribution in [0.4, 0.5) is 17.6 Å². The first-order chi connectivity index (χ1) is 16.8. The molecule has 35 heavy (non-hydrogen) atoms. The molecule has 0 saturated carbocycles. The van der Waals surface area contributed by atoms with Gasteiger partial charge in [0.1, 0.15) is 0 Å². The maximum absolute atomic E-state index is 13.9. The van der Waals surface area contributed by atoms with Crippen LogP contribution in [0.25, 0.3) is 0 Å². The van der Waals surface area contributed by atoms with E-state index in [1.807, 2.05) is 0 Å². The quantitative estimate of drug-likeness (QED) is 0.299. The second-order valence-corrected chi connectivity index (χ2v) is 8.04. The van der Waals surface area contributed by atoms with Crippen molar-refractivity contribution in [2.45, 2.75) is 12.0 Å². The van der Waals surface area contributed by atoms with Gasteiger partial charge in [0.2, 0.25) is 0 Å². The zero-order valence-corrected chi connectivity index (χ0v) is 18.4. The average molecular weight is 478 g/mol. The second kappa shape index (κ2) is 10.9. The maximum Gasteiger partial charge on any atom is 0.359 e. The summed E-state index contributed by atoms with van der Waals surface area (Å²) in [4.78, 5) is 0. The van der Waals surface area contributed by atoms with Crippen LogP contribution in [0.2, 0.25) is 0 Å². The number of hydrogen-bond donors (Lipinski definition) is 2. The van der Waals surface area contributed by atoms with Crippen molar-refractivity contribution in [2.75, 3.05) is 0 Å². The van der Waals surface area contributed by atoms with Crippen molar-refractivity contribution in [3.63, 3.8) is 0 Å². The third kappa shape index (κ3) is 5.65. The topological polar surface area (TPSA) is 49.7 Å². The molecule has 0 aromatic heterocycles. The number of benzene rings is 4. The van der Waals surface area contributed by atoms with Crippen LogP contribution in [0.3, 0.4) is 0 Å². The van der Waals surface area contributed by atoms with Gasteiger partial charge in [-0.05, 0) is 46.3 Å². The Balaban J connectivity index is 1.76. The van der Waals surface area contributed by atoms with Crippen LogP contribution in [0, 0.1) is 23.3 Å². The van der Waals surface area contributed by atoms with Crippen molar-refractivity contribution in [2.24, 2.45) is 0 Å². The third-order valence-electron chi connectivity index (χ3n) is 5.69. The van der Waals surface area contributed by atoms with Crippen molar-refractivity contribution in [1.82, 2.24) is 0 Å². The van der Waals surface area contributed by atoms with Gasteiger partial charge in [0, 0.05) is 0 Å². The van der Waals surface area contributed by atoms with Crippen LogP contribution < -0.4 is 10.9 Å². The number of rotatable bonds is 8. The van der Waals surface area contributed by atoms with Gasteiger partial charge in [-0.25, -0.2) is 17.6 Å². The molecule has 0 aliphatic rings. The standard InChI is InChI=1S/C26H20B2F4O3/c29-21-13-11-19(15-23(21)31)27(33)25(17-7-3-1-4-8-17)35-26(18-9-5-2-6-10-18)28(34)20-12-14-22(30)24(32)16-20/h1-16,25-26,33-34H. The molecule has 4 rings (SSSR count). The Bertz CT molecular complexity index is 1180. The van der Waals surface area contributed by atoms with Gasteiger partial charge < -0.3 is 14.8 Å². The van der Waals surface area contributed by atoms with E-state index in [1.165, 1.54) is 12.1 Å². The summed E-state index contributed by atoms with van der Waals surface area (Å²) in [7, 11) is 0. The Morgan fingerprint density at radius 1 is 0.514 bits per heavy atom. The van der Waals surface area contributed by atoms with E-state index in [2.05, 4.69) is 0 Å². The molecule has 0 radical (unpaired) electrons. The number of hydrogen-bond acceptors (Lipinski definition) is 3. The lowest BCUT2D eigenvalue weighted by Crippen LogP contribution is -2.44. The van der Waals surface area contributed by atoms with E-state index in [4.69, 9.17) is 4.74 Å². The predicted molar refractivity (Wildman–Crippen MR) is 127 cm³/mol. The van der Waals surface area contributed by atoms with Crippen molar-refractivity contribution >= 4 is 24.8 Å². The third-order valence-corrected chi connectivity index (χ3v) is 5.69. The van der Waals surface area contributed by atoms with Crippen LogP contribution >= 0.6 is 0 Å². The summed E-state index contributed by atoms with van der Waals surface area (Å²) in [5.74, 6) is -4.38. The van der Waals surface area contributed by atoms with E-state index >= 15 is 0 Å². The molecule has 9 heteroatoms. The Morgan fingerprint density at radius 2 is 0.886 bits per heavy atom. The van der Waals surface area contributed by atoms with Crippen LogP contribution in [-0.4, -0.2) is 23.9 Å². The van der Waals surface area contributed by atoms with Gasteiger partial charge in [-0.15, -0.1) is 0 Å². The van der Waals surface area contributed by atoms with E-state index < -0.39 is 49.1 Å². The Morgan fingerprint density at radius 3 is 1.23 bits per heavy atom. The summed E-state index contributed by atoms with van der Waals surface area (Å²) in [5, 5.41) is 22.3. The fraction of sp³-hybridized carbons (Fsp3) is 0.0769. The summed E-state index contributed by atoms with van der Waals surface area (Å²) in [6.45, 7) is -2.90. The fourth-order valence-corrected chi connectivity index (χ4v) is 3.86. The van der Waals surface area contributed by atoms with E-state index in [1.54, 1.807) is 60.7 Å². The van der Waals surface area contributed by atoms with Crippen molar-refractivity contribution in [3.8, 4) is 0 Å². The molecule has 3 nitrogen and oxygen atoms in total. The molecule has 4 aromatic rings. The second-order valence-electron chi connectivity index (χ2n) is 8.04. The molecule has 0 heterocycles. The van der Waals surface area contributed by atoms with Gasteiger partial charge in [-0.1, -0.05) is 72.8 Å². The smallest absolute Gasteiger partial charge is 0.359 e. The first kappa shape index (κ1) is 24.7. The minimum atomic E-state index is -1.45. The van der Waals surface area contributed by atoms with Gasteiger partial charge in [0.15, 0.2) is 23.3 Å². The van der Waals surface area contributed by atoms with Crippen LogP contribution in [-0.2, 0) is 4.74 Å². The first-order valence-corrected chi connectivity index (χ1v) is 10.9. The Hall–Kier alpha value is -3.39. The van der Waals surface area contributed by atoms with Gasteiger partial charge >= 0.3 is 13.8 Å². The highest BCUT2D eigenvalue weighted by Gasteiger charge is 2.37. The normalized spacial score (nSPS) is 12.7. The molecule has 0 fully saturated rings. The van der Waals surface area contributed by atoms with Gasteiger partial charge in [-0.2, -0.15) is 0 Å². The highest BCUT2D eigenvalue weighted by molar-refractivity contribution is 6.68. The van der Waals surface area contributed by atoms with E-state index in [0.717, 1.165) is 24.3 Å². The summed E-state index contributed by atoms with van der Waals surface area (Å²) < 4.78 is 61.1. The first-order valence-electron chi connectivity index (χ1n) is 10.9.